The number of hydrogen-bond donors (Lipinski definition) is 0. The summed E-state index contributed by atoms with van der Waals surface area (Å²) in [6, 6.07) is 8.75. The molecule has 2 saturated heterocycles. The monoisotopic (exact) mass is 549 g/mol. The number of halogens is 1. The quantitative estimate of drug-likeness (QED) is 0.484. The minimum absolute atomic E-state index is 0.142. The van der Waals surface area contributed by atoms with Gasteiger partial charge in [-0.3, -0.25) is 4.79 Å². The first-order chi connectivity index (χ1) is 18.9. The van der Waals surface area contributed by atoms with Gasteiger partial charge in [-0.15, -0.1) is 0 Å². The zero-order chi connectivity index (χ0) is 27.5. The number of carbonyl (C=O) groups is 1. The van der Waals surface area contributed by atoms with Gasteiger partial charge in [0.15, 0.2) is 0 Å². The molecule has 4 heterocycles. The largest absolute Gasteiger partial charge is 0.462 e. The van der Waals surface area contributed by atoms with E-state index in [0.717, 1.165) is 59.3 Å². The summed E-state index contributed by atoms with van der Waals surface area (Å²) in [7, 11) is 2.13. The number of likely N-dealkylation sites (N-methyl/N-ethyl adjacent to an activating group) is 1. The predicted molar refractivity (Wildman–Crippen MR) is 152 cm³/mol. The number of piperazine rings is 1. The van der Waals surface area contributed by atoms with E-state index in [1.54, 1.807) is 4.90 Å². The van der Waals surface area contributed by atoms with Crippen LogP contribution in [0.3, 0.4) is 0 Å². The Labute approximate surface area is 235 Å². The number of anilines is 2. The Hall–Kier alpha value is -3.35. The lowest BCUT2D eigenvalue weighted by molar-refractivity contribution is -0.128. The molecule has 0 N–H and O–H groups in total. The molecule has 2 fully saturated rings. The van der Waals surface area contributed by atoms with Gasteiger partial charge in [-0.2, -0.15) is 15.2 Å². The molecule has 206 valence electrons. The SMILES string of the molecule is C=CC(=O)N1CCN(c2nc(OCC3CCCN3C)nc3c2CCN(c2cccc(Cl)c2C)C3)CC1CC#N. The van der Waals surface area contributed by atoms with E-state index in [1.165, 1.54) is 12.5 Å². The lowest BCUT2D eigenvalue weighted by Gasteiger charge is -2.42. The van der Waals surface area contributed by atoms with E-state index in [1.807, 2.05) is 19.1 Å². The van der Waals surface area contributed by atoms with Crippen LogP contribution in [0.2, 0.25) is 5.02 Å². The highest BCUT2D eigenvalue weighted by Gasteiger charge is 2.33. The average molecular weight is 550 g/mol. The molecular formula is C29H36ClN7O2. The Morgan fingerprint density at radius 3 is 2.82 bits per heavy atom. The van der Waals surface area contributed by atoms with Gasteiger partial charge in [0.25, 0.3) is 0 Å². The van der Waals surface area contributed by atoms with Crippen LogP contribution >= 0.6 is 11.6 Å². The van der Waals surface area contributed by atoms with Crippen molar-refractivity contribution < 1.29 is 9.53 Å². The van der Waals surface area contributed by atoms with E-state index in [9.17, 15) is 10.1 Å². The van der Waals surface area contributed by atoms with Gasteiger partial charge in [0.05, 0.1) is 30.8 Å². The van der Waals surface area contributed by atoms with Gasteiger partial charge < -0.3 is 24.3 Å². The third-order valence-electron chi connectivity index (χ3n) is 8.25. The van der Waals surface area contributed by atoms with E-state index in [2.05, 4.69) is 40.5 Å². The summed E-state index contributed by atoms with van der Waals surface area (Å²) in [5, 5.41) is 10.2. The summed E-state index contributed by atoms with van der Waals surface area (Å²) in [6.45, 7) is 10.4. The summed E-state index contributed by atoms with van der Waals surface area (Å²) in [5.74, 6) is 0.711. The highest BCUT2D eigenvalue weighted by atomic mass is 35.5. The van der Waals surface area contributed by atoms with E-state index < -0.39 is 0 Å². The zero-order valence-electron chi connectivity index (χ0n) is 22.8. The molecule has 2 unspecified atom stereocenters. The van der Waals surface area contributed by atoms with Gasteiger partial charge in [-0.25, -0.2) is 0 Å². The second-order valence-corrected chi connectivity index (χ2v) is 11.0. The van der Waals surface area contributed by atoms with Crippen LogP contribution in [0, 0.1) is 18.3 Å². The molecule has 0 saturated carbocycles. The summed E-state index contributed by atoms with van der Waals surface area (Å²) < 4.78 is 6.23. The minimum atomic E-state index is -0.231. The van der Waals surface area contributed by atoms with Crippen LogP contribution in [0.25, 0.3) is 0 Å². The predicted octanol–water partition coefficient (Wildman–Crippen LogP) is 3.59. The molecule has 1 aromatic heterocycles. The molecule has 39 heavy (non-hydrogen) atoms. The van der Waals surface area contributed by atoms with Gasteiger partial charge in [-0.1, -0.05) is 24.2 Å². The third-order valence-corrected chi connectivity index (χ3v) is 8.66. The summed E-state index contributed by atoms with van der Waals surface area (Å²) in [4.78, 5) is 30.9. The van der Waals surface area contributed by atoms with Crippen molar-refractivity contribution in [3.63, 3.8) is 0 Å². The zero-order valence-corrected chi connectivity index (χ0v) is 23.5. The second kappa shape index (κ2) is 11.8. The smallest absolute Gasteiger partial charge is 0.318 e. The first-order valence-electron chi connectivity index (χ1n) is 13.7. The molecule has 1 amide bonds. The van der Waals surface area contributed by atoms with Crippen molar-refractivity contribution in [1.82, 2.24) is 19.8 Å². The molecule has 1 aromatic carbocycles. The summed E-state index contributed by atoms with van der Waals surface area (Å²) >= 11 is 6.44. The maximum Gasteiger partial charge on any atom is 0.318 e. The number of carbonyl (C=O) groups excluding carboxylic acids is 1. The number of nitriles is 1. The first kappa shape index (κ1) is 27.2. The van der Waals surface area contributed by atoms with Crippen LogP contribution in [0.4, 0.5) is 11.5 Å². The van der Waals surface area contributed by atoms with Crippen LogP contribution in [0.1, 0.15) is 36.1 Å². The topological polar surface area (TPSA) is 88.8 Å². The van der Waals surface area contributed by atoms with Crippen molar-refractivity contribution in [2.24, 2.45) is 0 Å². The fourth-order valence-electron chi connectivity index (χ4n) is 5.95. The molecule has 9 nitrogen and oxygen atoms in total. The Kier molecular flexibility index (Phi) is 8.24. The van der Waals surface area contributed by atoms with E-state index in [4.69, 9.17) is 26.3 Å². The second-order valence-electron chi connectivity index (χ2n) is 10.6. The maximum absolute atomic E-state index is 12.5. The number of hydrogen-bond acceptors (Lipinski definition) is 8. The van der Waals surface area contributed by atoms with Gasteiger partial charge in [0.1, 0.15) is 12.4 Å². The van der Waals surface area contributed by atoms with Crippen LogP contribution in [-0.4, -0.2) is 84.1 Å². The molecule has 2 atom stereocenters. The number of ether oxygens (including phenoxy) is 1. The molecule has 3 aliphatic heterocycles. The van der Waals surface area contributed by atoms with Gasteiger partial charge in [-0.05, 0) is 63.6 Å². The Morgan fingerprint density at radius 2 is 2.08 bits per heavy atom. The van der Waals surface area contributed by atoms with Crippen molar-refractivity contribution in [1.29, 1.82) is 5.26 Å². The lowest BCUT2D eigenvalue weighted by atomic mass is 10.0. The molecule has 0 radical (unpaired) electrons. The molecule has 10 heteroatoms. The van der Waals surface area contributed by atoms with Crippen LogP contribution < -0.4 is 14.5 Å². The van der Waals surface area contributed by atoms with Crippen LogP contribution in [-0.2, 0) is 17.8 Å². The number of fused-ring (bicyclic) bond motifs is 1. The van der Waals surface area contributed by atoms with E-state index >= 15 is 0 Å². The number of aromatic nitrogens is 2. The number of rotatable bonds is 7. The minimum Gasteiger partial charge on any atom is -0.462 e. The van der Waals surface area contributed by atoms with Crippen molar-refractivity contribution >= 4 is 29.0 Å². The molecule has 3 aliphatic rings. The van der Waals surface area contributed by atoms with Gasteiger partial charge in [0.2, 0.25) is 5.91 Å². The molecule has 0 aliphatic carbocycles. The number of amides is 1. The van der Waals surface area contributed by atoms with Crippen molar-refractivity contribution in [2.45, 2.75) is 51.2 Å². The summed E-state index contributed by atoms with van der Waals surface area (Å²) in [6.07, 6.45) is 4.62. The van der Waals surface area contributed by atoms with Gasteiger partial charge in [0, 0.05) is 48.5 Å². The van der Waals surface area contributed by atoms with E-state index in [0.29, 0.717) is 44.8 Å². The Morgan fingerprint density at radius 1 is 1.23 bits per heavy atom. The van der Waals surface area contributed by atoms with Crippen molar-refractivity contribution in [2.75, 3.05) is 56.2 Å². The molecule has 0 bridgehead atoms. The normalized spacial score (nSPS) is 21.4. The van der Waals surface area contributed by atoms with E-state index in [-0.39, 0.29) is 18.4 Å². The fraction of sp³-hybridized carbons (Fsp3) is 0.517. The number of likely N-dealkylation sites (tertiary alicyclic amines) is 1. The molecule has 2 aromatic rings. The third kappa shape index (κ3) is 5.68. The van der Waals surface area contributed by atoms with Gasteiger partial charge >= 0.3 is 6.01 Å². The summed E-state index contributed by atoms with van der Waals surface area (Å²) in [5.41, 5.74) is 4.21. The molecular weight excluding hydrogens is 514 g/mol. The van der Waals surface area contributed by atoms with Crippen molar-refractivity contribution in [3.05, 3.63) is 52.7 Å². The standard InChI is InChI=1S/C29H36ClN7O2/c1-4-27(38)37-16-15-36(17-21(37)10-12-31)28-23-11-14-35(26-9-5-8-24(30)20(26)2)18-25(23)32-29(33-28)39-19-22-7-6-13-34(22)3/h4-5,8-9,21-22H,1,6-7,10-11,13-19H2,2-3H3. The lowest BCUT2D eigenvalue weighted by Crippen LogP contribution is -2.55. The van der Waals surface area contributed by atoms with Crippen molar-refractivity contribution in [3.8, 4) is 12.1 Å². The highest BCUT2D eigenvalue weighted by Crippen LogP contribution is 2.34. The fourth-order valence-corrected chi connectivity index (χ4v) is 6.12. The highest BCUT2D eigenvalue weighted by molar-refractivity contribution is 6.31. The van der Waals surface area contributed by atoms with Crippen LogP contribution in [0.5, 0.6) is 6.01 Å². The average Bonchev–Trinajstić information content (AvgIpc) is 3.36. The maximum atomic E-state index is 12.5. The first-order valence-corrected chi connectivity index (χ1v) is 14.0. The molecule has 0 spiro atoms. The Balaban J connectivity index is 1.46. The molecule has 5 rings (SSSR count). The number of benzene rings is 1. The number of nitrogens with zero attached hydrogens (tertiary/aromatic N) is 7. The van der Waals surface area contributed by atoms with Crippen LogP contribution in [0.15, 0.2) is 30.9 Å². The Bertz CT molecular complexity index is 1280.